The Hall–Kier alpha value is -1.72. The molecule has 3 unspecified atom stereocenters. The zero-order valence-electron chi connectivity index (χ0n) is 11.3. The van der Waals surface area contributed by atoms with Crippen LogP contribution in [0.1, 0.15) is 19.3 Å². The molecule has 2 heterocycles. The maximum absolute atomic E-state index is 4.43. The number of nitrogens with one attached hydrogen (secondary N) is 3. The summed E-state index contributed by atoms with van der Waals surface area (Å²) < 4.78 is 0. The largest absolute Gasteiger partial charge is 0.367 e. The number of fused-ring (bicyclic) bond motifs is 2. The maximum atomic E-state index is 4.43. The molecule has 1 aromatic heterocycles. The van der Waals surface area contributed by atoms with Gasteiger partial charge in [-0.3, -0.25) is 10.9 Å². The Kier molecular flexibility index (Phi) is 3.01. The molecule has 5 nitrogen and oxygen atoms in total. The molecule has 20 heavy (non-hydrogen) atoms. The molecular weight excluding hydrogens is 250 g/mol. The Morgan fingerprint density at radius 3 is 3.10 bits per heavy atom. The molecule has 1 saturated carbocycles. The van der Waals surface area contributed by atoms with Gasteiger partial charge in [0.05, 0.1) is 5.52 Å². The lowest BCUT2D eigenvalue weighted by atomic mass is 9.83. The molecule has 104 valence electrons. The third-order valence-electron chi connectivity index (χ3n) is 4.52. The lowest BCUT2D eigenvalue weighted by Crippen LogP contribution is -2.39. The van der Waals surface area contributed by atoms with Crippen molar-refractivity contribution in [2.24, 2.45) is 5.92 Å². The lowest BCUT2D eigenvalue weighted by Gasteiger charge is -2.31. The first-order valence-corrected chi connectivity index (χ1v) is 7.35. The number of para-hydroxylation sites is 1. The monoisotopic (exact) mass is 269 g/mol. The van der Waals surface area contributed by atoms with E-state index >= 15 is 0 Å². The molecule has 3 N–H and O–H groups in total. The summed E-state index contributed by atoms with van der Waals surface area (Å²) in [5, 5.41) is 4.74. The molecule has 4 rings (SSSR count). The van der Waals surface area contributed by atoms with Crippen molar-refractivity contribution < 1.29 is 0 Å². The molecule has 0 spiro atoms. The lowest BCUT2D eigenvalue weighted by molar-refractivity contribution is 0.314. The molecule has 3 atom stereocenters. The number of hydrazine groups is 1. The van der Waals surface area contributed by atoms with E-state index in [1.54, 1.807) is 6.33 Å². The van der Waals surface area contributed by atoms with Gasteiger partial charge >= 0.3 is 0 Å². The second-order valence-corrected chi connectivity index (χ2v) is 5.79. The fourth-order valence-corrected chi connectivity index (χ4v) is 3.45. The number of benzene rings is 1. The summed E-state index contributed by atoms with van der Waals surface area (Å²) in [5.74, 6) is 1.70. The van der Waals surface area contributed by atoms with E-state index < -0.39 is 0 Å². The van der Waals surface area contributed by atoms with Crippen molar-refractivity contribution in [3.8, 4) is 0 Å². The molecule has 2 aromatic rings. The summed E-state index contributed by atoms with van der Waals surface area (Å²) in [4.78, 5) is 8.75. The predicted molar refractivity (Wildman–Crippen MR) is 79.2 cm³/mol. The van der Waals surface area contributed by atoms with Crippen LogP contribution in [0.25, 0.3) is 10.9 Å². The zero-order valence-corrected chi connectivity index (χ0v) is 11.3. The van der Waals surface area contributed by atoms with Crippen LogP contribution in [0.4, 0.5) is 5.82 Å². The quantitative estimate of drug-likeness (QED) is 0.774. The number of aromatic nitrogens is 2. The van der Waals surface area contributed by atoms with Crippen LogP contribution in [0.3, 0.4) is 0 Å². The minimum atomic E-state index is 0.510. The van der Waals surface area contributed by atoms with Crippen LogP contribution in [0.5, 0.6) is 0 Å². The molecule has 1 aliphatic carbocycles. The minimum Gasteiger partial charge on any atom is -0.367 e. The summed E-state index contributed by atoms with van der Waals surface area (Å²) in [6.07, 6.45) is 5.25. The van der Waals surface area contributed by atoms with Crippen LogP contribution < -0.4 is 16.2 Å². The Balaban J connectivity index is 1.56. The molecule has 0 radical (unpaired) electrons. The van der Waals surface area contributed by atoms with E-state index in [9.17, 15) is 0 Å². The predicted octanol–water partition coefficient (Wildman–Crippen LogP) is 1.69. The summed E-state index contributed by atoms with van der Waals surface area (Å²) in [5.41, 5.74) is 7.65. The molecule has 1 aromatic carbocycles. The van der Waals surface area contributed by atoms with Gasteiger partial charge in [-0.25, -0.2) is 9.97 Å². The van der Waals surface area contributed by atoms with Crippen LogP contribution >= 0.6 is 0 Å². The van der Waals surface area contributed by atoms with Gasteiger partial charge in [-0.05, 0) is 37.3 Å². The van der Waals surface area contributed by atoms with Crippen molar-refractivity contribution in [2.75, 3.05) is 11.9 Å². The summed E-state index contributed by atoms with van der Waals surface area (Å²) in [6, 6.07) is 9.33. The highest BCUT2D eigenvalue weighted by atomic mass is 15.4. The first-order chi connectivity index (χ1) is 9.90. The second-order valence-electron chi connectivity index (χ2n) is 5.79. The first kappa shape index (κ1) is 12.1. The number of anilines is 1. The van der Waals surface area contributed by atoms with Crippen LogP contribution in [-0.4, -0.2) is 28.6 Å². The van der Waals surface area contributed by atoms with Crippen molar-refractivity contribution in [1.82, 2.24) is 20.8 Å². The average Bonchev–Trinajstić information content (AvgIpc) is 2.95. The fourth-order valence-electron chi connectivity index (χ4n) is 3.45. The molecule has 1 aliphatic heterocycles. The Labute approximate surface area is 118 Å². The SMILES string of the molecule is c1ccc2c(NC3CCC4NNCC4C3)ncnc2c1. The molecular formula is C15H19N5. The highest BCUT2D eigenvalue weighted by Crippen LogP contribution is 2.29. The van der Waals surface area contributed by atoms with E-state index in [0.717, 1.165) is 29.2 Å². The molecule has 5 heteroatoms. The normalized spacial score (nSPS) is 29.3. The molecule has 0 amide bonds. The van der Waals surface area contributed by atoms with Gasteiger partial charge in [-0.2, -0.15) is 0 Å². The number of hydrogen-bond donors (Lipinski definition) is 3. The van der Waals surface area contributed by atoms with Gasteiger partial charge < -0.3 is 5.32 Å². The summed E-state index contributed by atoms with van der Waals surface area (Å²) >= 11 is 0. The molecule has 1 saturated heterocycles. The van der Waals surface area contributed by atoms with Crippen molar-refractivity contribution in [3.05, 3.63) is 30.6 Å². The van der Waals surface area contributed by atoms with Crippen molar-refractivity contribution in [1.29, 1.82) is 0 Å². The Morgan fingerprint density at radius 1 is 1.15 bits per heavy atom. The van der Waals surface area contributed by atoms with Gasteiger partial charge in [0.1, 0.15) is 12.1 Å². The smallest absolute Gasteiger partial charge is 0.137 e. The fraction of sp³-hybridized carbons (Fsp3) is 0.467. The number of hydrogen-bond acceptors (Lipinski definition) is 5. The van der Waals surface area contributed by atoms with Crippen molar-refractivity contribution >= 4 is 16.7 Å². The van der Waals surface area contributed by atoms with Gasteiger partial charge in [0.15, 0.2) is 0 Å². The topological polar surface area (TPSA) is 61.9 Å². The zero-order chi connectivity index (χ0) is 13.4. The summed E-state index contributed by atoms with van der Waals surface area (Å²) in [6.45, 7) is 1.08. The standard InChI is InChI=1S/C15H19N5/c1-2-4-14-12(3-1)15(17-9-16-14)19-11-5-6-13-10(7-11)8-18-20-13/h1-4,9-11,13,18,20H,5-8H2,(H,16,17,19). The molecule has 2 aliphatic rings. The molecule has 0 bridgehead atoms. The van der Waals surface area contributed by atoms with Crippen molar-refractivity contribution in [3.63, 3.8) is 0 Å². The second kappa shape index (κ2) is 5.00. The van der Waals surface area contributed by atoms with Crippen LogP contribution in [0.2, 0.25) is 0 Å². The van der Waals surface area contributed by atoms with Crippen LogP contribution in [-0.2, 0) is 0 Å². The minimum absolute atomic E-state index is 0.510. The van der Waals surface area contributed by atoms with E-state index in [1.165, 1.54) is 19.3 Å². The summed E-state index contributed by atoms with van der Waals surface area (Å²) in [7, 11) is 0. The van der Waals surface area contributed by atoms with Gasteiger partial charge in [0.2, 0.25) is 0 Å². The highest BCUT2D eigenvalue weighted by molar-refractivity contribution is 5.88. The van der Waals surface area contributed by atoms with E-state index in [-0.39, 0.29) is 0 Å². The van der Waals surface area contributed by atoms with Gasteiger partial charge in [0.25, 0.3) is 0 Å². The van der Waals surface area contributed by atoms with E-state index in [2.05, 4.69) is 32.2 Å². The van der Waals surface area contributed by atoms with Gasteiger partial charge in [0, 0.05) is 24.0 Å². The molecule has 2 fully saturated rings. The third-order valence-corrected chi connectivity index (χ3v) is 4.52. The number of rotatable bonds is 2. The van der Waals surface area contributed by atoms with Crippen LogP contribution in [0, 0.1) is 5.92 Å². The van der Waals surface area contributed by atoms with E-state index in [0.29, 0.717) is 12.1 Å². The van der Waals surface area contributed by atoms with E-state index in [1.807, 2.05) is 18.2 Å². The number of nitrogens with zero attached hydrogens (tertiary/aromatic N) is 2. The maximum Gasteiger partial charge on any atom is 0.137 e. The Bertz CT molecular complexity index is 609. The first-order valence-electron chi connectivity index (χ1n) is 7.35. The van der Waals surface area contributed by atoms with Crippen molar-refractivity contribution in [2.45, 2.75) is 31.3 Å². The van der Waals surface area contributed by atoms with Crippen LogP contribution in [0.15, 0.2) is 30.6 Å². The highest BCUT2D eigenvalue weighted by Gasteiger charge is 2.33. The Morgan fingerprint density at radius 2 is 2.10 bits per heavy atom. The van der Waals surface area contributed by atoms with Gasteiger partial charge in [-0.15, -0.1) is 0 Å². The van der Waals surface area contributed by atoms with E-state index in [4.69, 9.17) is 0 Å². The average molecular weight is 269 g/mol. The van der Waals surface area contributed by atoms with Gasteiger partial charge in [-0.1, -0.05) is 12.1 Å². The third kappa shape index (κ3) is 2.13.